The van der Waals surface area contributed by atoms with E-state index in [2.05, 4.69) is 0 Å². The van der Waals surface area contributed by atoms with Gasteiger partial charge in [0.1, 0.15) is 0 Å². The summed E-state index contributed by atoms with van der Waals surface area (Å²) in [6, 6.07) is 3.33. The van der Waals surface area contributed by atoms with Crippen LogP contribution in [0.15, 0.2) is 12.1 Å². The van der Waals surface area contributed by atoms with Crippen molar-refractivity contribution in [1.82, 2.24) is 0 Å². The van der Waals surface area contributed by atoms with Crippen molar-refractivity contribution < 1.29 is 18.0 Å². The van der Waals surface area contributed by atoms with Crippen molar-refractivity contribution in [2.45, 2.75) is 13.1 Å². The van der Waals surface area contributed by atoms with Gasteiger partial charge in [-0.2, -0.15) is 18.4 Å². The van der Waals surface area contributed by atoms with Gasteiger partial charge in [-0.3, -0.25) is 4.79 Å². The van der Waals surface area contributed by atoms with E-state index in [-0.39, 0.29) is 16.7 Å². The molecule has 3 nitrogen and oxygen atoms in total. The van der Waals surface area contributed by atoms with Crippen LogP contribution in [0.2, 0.25) is 0 Å². The number of nitrogens with zero attached hydrogens (tertiary/aromatic N) is 1. The maximum absolute atomic E-state index is 12.5. The maximum atomic E-state index is 12.5. The van der Waals surface area contributed by atoms with Crippen molar-refractivity contribution in [2.24, 2.45) is 5.73 Å². The number of alkyl halides is 3. The van der Waals surface area contributed by atoms with Crippen LogP contribution in [-0.4, -0.2) is 5.91 Å². The van der Waals surface area contributed by atoms with E-state index in [1.165, 1.54) is 0 Å². The van der Waals surface area contributed by atoms with Gasteiger partial charge in [0.15, 0.2) is 0 Å². The summed E-state index contributed by atoms with van der Waals surface area (Å²) >= 11 is 0. The molecule has 0 aliphatic rings. The van der Waals surface area contributed by atoms with Crippen molar-refractivity contribution in [2.75, 3.05) is 0 Å². The Balaban J connectivity index is 3.58. The number of carbonyl (C=O) groups is 1. The number of nitriles is 1. The van der Waals surface area contributed by atoms with Crippen molar-refractivity contribution in [3.05, 3.63) is 34.4 Å². The highest BCUT2D eigenvalue weighted by Crippen LogP contribution is 2.33. The van der Waals surface area contributed by atoms with Gasteiger partial charge in [0.05, 0.1) is 22.8 Å². The van der Waals surface area contributed by atoms with Crippen LogP contribution in [0.1, 0.15) is 27.0 Å². The van der Waals surface area contributed by atoms with Gasteiger partial charge >= 0.3 is 6.18 Å². The zero-order chi connectivity index (χ0) is 12.5. The molecule has 1 rings (SSSR count). The van der Waals surface area contributed by atoms with Gasteiger partial charge in [-0.15, -0.1) is 0 Å². The predicted octanol–water partition coefficient (Wildman–Crippen LogP) is 1.98. The third kappa shape index (κ3) is 1.98. The van der Waals surface area contributed by atoms with Gasteiger partial charge in [-0.25, -0.2) is 0 Å². The zero-order valence-electron chi connectivity index (χ0n) is 8.22. The molecule has 1 aromatic carbocycles. The highest BCUT2D eigenvalue weighted by Gasteiger charge is 2.34. The van der Waals surface area contributed by atoms with Crippen LogP contribution in [-0.2, 0) is 6.18 Å². The first-order valence-corrected chi connectivity index (χ1v) is 4.19. The molecular weight excluding hydrogens is 221 g/mol. The van der Waals surface area contributed by atoms with Gasteiger partial charge < -0.3 is 5.73 Å². The topological polar surface area (TPSA) is 66.9 Å². The number of benzene rings is 1. The number of hydrogen-bond acceptors (Lipinski definition) is 2. The van der Waals surface area contributed by atoms with E-state index in [1.54, 1.807) is 6.07 Å². The molecule has 0 aromatic heterocycles. The van der Waals surface area contributed by atoms with Crippen molar-refractivity contribution in [3.63, 3.8) is 0 Å². The van der Waals surface area contributed by atoms with Crippen LogP contribution >= 0.6 is 0 Å². The number of amides is 1. The summed E-state index contributed by atoms with van der Waals surface area (Å²) in [6.45, 7) is 1.11. The third-order valence-electron chi connectivity index (χ3n) is 2.14. The molecule has 0 aliphatic heterocycles. The Kier molecular flexibility index (Phi) is 2.90. The molecule has 84 valence electrons. The highest BCUT2D eigenvalue weighted by molar-refractivity contribution is 5.97. The maximum Gasteiger partial charge on any atom is 0.416 e. The van der Waals surface area contributed by atoms with Gasteiger partial charge in [0.2, 0.25) is 5.91 Å². The Hall–Kier alpha value is -2.03. The summed E-state index contributed by atoms with van der Waals surface area (Å²) in [6.07, 6.45) is -4.57. The van der Waals surface area contributed by atoms with Crippen LogP contribution in [0.5, 0.6) is 0 Å². The first kappa shape index (κ1) is 12.0. The van der Waals surface area contributed by atoms with E-state index in [1.807, 2.05) is 0 Å². The van der Waals surface area contributed by atoms with E-state index in [0.29, 0.717) is 0 Å². The molecule has 0 saturated heterocycles. The SMILES string of the molecule is Cc1c(C(F)(F)F)ccc(C#N)c1C(N)=O. The molecule has 0 heterocycles. The molecule has 0 bridgehead atoms. The molecule has 0 spiro atoms. The lowest BCUT2D eigenvalue weighted by Crippen LogP contribution is -2.18. The second-order valence-corrected chi connectivity index (χ2v) is 3.13. The molecule has 2 N–H and O–H groups in total. The molecule has 1 aromatic rings. The Morgan fingerprint density at radius 1 is 1.44 bits per heavy atom. The minimum Gasteiger partial charge on any atom is -0.366 e. The average Bonchev–Trinajstić information content (AvgIpc) is 2.14. The number of halogens is 3. The number of nitrogens with two attached hydrogens (primary N) is 1. The molecule has 0 fully saturated rings. The van der Waals surface area contributed by atoms with Crippen molar-refractivity contribution in [1.29, 1.82) is 5.26 Å². The van der Waals surface area contributed by atoms with Crippen molar-refractivity contribution in [3.8, 4) is 6.07 Å². The summed E-state index contributed by atoms with van der Waals surface area (Å²) in [4.78, 5) is 11.0. The molecular formula is C10H7F3N2O. The predicted molar refractivity (Wildman–Crippen MR) is 49.4 cm³/mol. The number of carbonyl (C=O) groups excluding carboxylic acids is 1. The Morgan fingerprint density at radius 2 is 2.00 bits per heavy atom. The molecule has 1 amide bonds. The molecule has 16 heavy (non-hydrogen) atoms. The third-order valence-corrected chi connectivity index (χ3v) is 2.14. The fourth-order valence-corrected chi connectivity index (χ4v) is 1.43. The molecule has 0 radical (unpaired) electrons. The summed E-state index contributed by atoms with van der Waals surface area (Å²) in [5.74, 6) is -1.04. The quantitative estimate of drug-likeness (QED) is 0.798. The second kappa shape index (κ2) is 3.85. The lowest BCUT2D eigenvalue weighted by Gasteiger charge is -2.13. The summed E-state index contributed by atoms with van der Waals surface area (Å²) < 4.78 is 37.5. The Labute approximate surface area is 89.3 Å². The lowest BCUT2D eigenvalue weighted by molar-refractivity contribution is -0.138. The van der Waals surface area contributed by atoms with Gasteiger partial charge in [0.25, 0.3) is 0 Å². The second-order valence-electron chi connectivity index (χ2n) is 3.13. The average molecular weight is 228 g/mol. The van der Waals surface area contributed by atoms with Crippen molar-refractivity contribution >= 4 is 5.91 Å². The van der Waals surface area contributed by atoms with E-state index in [0.717, 1.165) is 19.1 Å². The van der Waals surface area contributed by atoms with Gasteiger partial charge in [0, 0.05) is 0 Å². The molecule has 0 aliphatic carbocycles. The Bertz CT molecular complexity index is 486. The van der Waals surface area contributed by atoms with Gasteiger partial charge in [-0.1, -0.05) is 0 Å². The molecule has 6 heteroatoms. The number of rotatable bonds is 1. The van der Waals surface area contributed by atoms with Crippen LogP contribution < -0.4 is 5.73 Å². The fourth-order valence-electron chi connectivity index (χ4n) is 1.43. The highest BCUT2D eigenvalue weighted by atomic mass is 19.4. The van der Waals surface area contributed by atoms with E-state index in [9.17, 15) is 18.0 Å². The summed E-state index contributed by atoms with van der Waals surface area (Å²) in [5.41, 5.74) is 3.14. The minimum absolute atomic E-state index is 0.155. The van der Waals surface area contributed by atoms with Gasteiger partial charge in [-0.05, 0) is 24.6 Å². The smallest absolute Gasteiger partial charge is 0.366 e. The number of hydrogen-bond donors (Lipinski definition) is 1. The van der Waals surface area contributed by atoms with Crippen LogP contribution in [0.25, 0.3) is 0 Å². The zero-order valence-corrected chi connectivity index (χ0v) is 8.22. The Morgan fingerprint density at radius 3 is 2.38 bits per heavy atom. The molecule has 0 atom stereocenters. The van der Waals surface area contributed by atoms with Crippen LogP contribution in [0.3, 0.4) is 0 Å². The van der Waals surface area contributed by atoms with E-state index < -0.39 is 17.6 Å². The molecule has 0 saturated carbocycles. The molecule has 0 unspecified atom stereocenters. The van der Waals surface area contributed by atoms with Crippen LogP contribution in [0, 0.1) is 18.3 Å². The standard InChI is InChI=1S/C10H7F3N2O/c1-5-7(10(11,12)13)3-2-6(4-14)8(5)9(15)16/h2-3H,1H3,(H2,15,16). The first-order chi connectivity index (χ1) is 7.29. The monoisotopic (exact) mass is 228 g/mol. The van der Waals surface area contributed by atoms with Crippen LogP contribution in [0.4, 0.5) is 13.2 Å². The largest absolute Gasteiger partial charge is 0.416 e. The summed E-state index contributed by atoms with van der Waals surface area (Å²) in [7, 11) is 0. The lowest BCUT2D eigenvalue weighted by atomic mass is 9.96. The fraction of sp³-hybridized carbons (Fsp3) is 0.200. The van der Waals surface area contributed by atoms with E-state index >= 15 is 0 Å². The first-order valence-electron chi connectivity index (χ1n) is 4.19. The normalized spacial score (nSPS) is 10.9. The van der Waals surface area contributed by atoms with E-state index in [4.69, 9.17) is 11.0 Å². The minimum atomic E-state index is -4.57. The number of primary amides is 1. The summed E-state index contributed by atoms with van der Waals surface area (Å²) in [5, 5.41) is 8.65.